The molecule has 0 unspecified atom stereocenters. The Bertz CT molecular complexity index is 753. The number of hydrogen-bond donors (Lipinski definition) is 2. The highest BCUT2D eigenvalue weighted by atomic mass is 35.5. The Labute approximate surface area is 144 Å². The van der Waals surface area contributed by atoms with Crippen molar-refractivity contribution in [2.75, 3.05) is 11.9 Å². The van der Waals surface area contributed by atoms with E-state index in [0.29, 0.717) is 28.6 Å². The SMILES string of the molecule is CCCOc1ccc(Cl)cc1NC(=O)c1c(C)coc1CC(=O)O. The number of carbonyl (C=O) groups excluding carboxylic acids is 1. The van der Waals surface area contributed by atoms with Gasteiger partial charge in [0.15, 0.2) is 0 Å². The van der Waals surface area contributed by atoms with Crippen LogP contribution in [0.3, 0.4) is 0 Å². The molecule has 1 aromatic carbocycles. The van der Waals surface area contributed by atoms with Crippen molar-refractivity contribution in [1.29, 1.82) is 0 Å². The van der Waals surface area contributed by atoms with Crippen molar-refractivity contribution >= 4 is 29.2 Å². The summed E-state index contributed by atoms with van der Waals surface area (Å²) in [6.45, 7) is 4.15. The minimum atomic E-state index is -1.08. The lowest BCUT2D eigenvalue weighted by atomic mass is 10.1. The minimum absolute atomic E-state index is 0.107. The number of amides is 1. The van der Waals surface area contributed by atoms with Crippen molar-refractivity contribution in [3.05, 3.63) is 46.4 Å². The van der Waals surface area contributed by atoms with Gasteiger partial charge in [-0.05, 0) is 31.5 Å². The Balaban J connectivity index is 2.28. The molecule has 2 rings (SSSR count). The van der Waals surface area contributed by atoms with Crippen LogP contribution in [0, 0.1) is 6.92 Å². The fourth-order valence-electron chi connectivity index (χ4n) is 2.19. The molecule has 0 saturated carbocycles. The van der Waals surface area contributed by atoms with Crippen molar-refractivity contribution < 1.29 is 23.8 Å². The van der Waals surface area contributed by atoms with Crippen molar-refractivity contribution in [1.82, 2.24) is 0 Å². The van der Waals surface area contributed by atoms with Crippen LogP contribution in [0.4, 0.5) is 5.69 Å². The first-order chi connectivity index (χ1) is 11.4. The van der Waals surface area contributed by atoms with E-state index in [2.05, 4.69) is 5.32 Å². The summed E-state index contributed by atoms with van der Waals surface area (Å²) in [5.41, 5.74) is 1.18. The van der Waals surface area contributed by atoms with Gasteiger partial charge in [0.25, 0.3) is 5.91 Å². The molecule has 0 fully saturated rings. The highest BCUT2D eigenvalue weighted by Gasteiger charge is 2.21. The Morgan fingerprint density at radius 2 is 2.12 bits per heavy atom. The standard InChI is InChI=1S/C17H18ClNO5/c1-3-6-23-13-5-4-11(18)7-12(13)19-17(22)16-10(2)9-24-14(16)8-15(20)21/h4-5,7,9H,3,6,8H2,1-2H3,(H,19,22)(H,20,21). The highest BCUT2D eigenvalue weighted by Crippen LogP contribution is 2.29. The van der Waals surface area contributed by atoms with E-state index in [1.165, 1.54) is 6.26 Å². The number of carbonyl (C=O) groups is 2. The lowest BCUT2D eigenvalue weighted by Gasteiger charge is -2.13. The first-order valence-corrected chi connectivity index (χ1v) is 7.82. The summed E-state index contributed by atoms with van der Waals surface area (Å²) in [4.78, 5) is 23.5. The number of anilines is 1. The van der Waals surface area contributed by atoms with Gasteiger partial charge in [-0.15, -0.1) is 0 Å². The molecule has 0 spiro atoms. The number of furan rings is 1. The number of carboxylic acids is 1. The van der Waals surface area contributed by atoms with E-state index in [4.69, 9.17) is 25.9 Å². The summed E-state index contributed by atoms with van der Waals surface area (Å²) >= 11 is 5.99. The first-order valence-electron chi connectivity index (χ1n) is 7.44. The molecule has 1 amide bonds. The molecule has 0 aliphatic rings. The second-order valence-corrected chi connectivity index (χ2v) is 5.67. The number of benzene rings is 1. The van der Waals surface area contributed by atoms with Gasteiger partial charge in [-0.25, -0.2) is 0 Å². The van der Waals surface area contributed by atoms with Crippen LogP contribution in [-0.4, -0.2) is 23.6 Å². The largest absolute Gasteiger partial charge is 0.491 e. The Kier molecular flexibility index (Phi) is 5.87. The van der Waals surface area contributed by atoms with Crippen molar-refractivity contribution in [3.8, 4) is 5.75 Å². The number of aliphatic carboxylic acids is 1. The van der Waals surface area contributed by atoms with Gasteiger partial charge in [0.05, 0.1) is 24.1 Å². The van der Waals surface area contributed by atoms with Crippen LogP contribution in [0.2, 0.25) is 5.02 Å². The van der Waals surface area contributed by atoms with E-state index >= 15 is 0 Å². The molecule has 0 aliphatic carbocycles. The molecule has 128 valence electrons. The maximum absolute atomic E-state index is 12.6. The third-order valence-electron chi connectivity index (χ3n) is 3.24. The average molecular weight is 352 g/mol. The number of nitrogens with one attached hydrogen (secondary N) is 1. The maximum atomic E-state index is 12.6. The third-order valence-corrected chi connectivity index (χ3v) is 3.48. The molecule has 0 atom stereocenters. The first kappa shape index (κ1) is 17.9. The highest BCUT2D eigenvalue weighted by molar-refractivity contribution is 6.31. The minimum Gasteiger partial charge on any atom is -0.491 e. The second-order valence-electron chi connectivity index (χ2n) is 5.23. The van der Waals surface area contributed by atoms with Crippen molar-refractivity contribution in [3.63, 3.8) is 0 Å². The Hall–Kier alpha value is -2.47. The molecule has 1 aromatic heterocycles. The normalized spacial score (nSPS) is 10.5. The number of carboxylic acid groups (broad SMARTS) is 1. The molecule has 0 aliphatic heterocycles. The lowest BCUT2D eigenvalue weighted by molar-refractivity contribution is -0.136. The lowest BCUT2D eigenvalue weighted by Crippen LogP contribution is -2.16. The average Bonchev–Trinajstić information content (AvgIpc) is 2.86. The van der Waals surface area contributed by atoms with Crippen LogP contribution in [0.25, 0.3) is 0 Å². The second kappa shape index (κ2) is 7.88. The molecule has 0 bridgehead atoms. The van der Waals surface area contributed by atoms with E-state index in [0.717, 1.165) is 6.42 Å². The summed E-state index contributed by atoms with van der Waals surface area (Å²) in [6.07, 6.45) is 1.81. The molecule has 1 heterocycles. The topological polar surface area (TPSA) is 88.8 Å². The zero-order chi connectivity index (χ0) is 17.7. The molecular weight excluding hydrogens is 334 g/mol. The summed E-state index contributed by atoms with van der Waals surface area (Å²) in [6, 6.07) is 4.92. The van der Waals surface area contributed by atoms with E-state index in [1.54, 1.807) is 25.1 Å². The number of aryl methyl sites for hydroxylation is 1. The Morgan fingerprint density at radius 3 is 2.79 bits per heavy atom. The van der Waals surface area contributed by atoms with Crippen LogP contribution in [-0.2, 0) is 11.2 Å². The van der Waals surface area contributed by atoms with Gasteiger partial charge in [0.2, 0.25) is 0 Å². The number of hydrogen-bond acceptors (Lipinski definition) is 4. The van der Waals surface area contributed by atoms with Gasteiger partial charge in [0.1, 0.15) is 17.9 Å². The van der Waals surface area contributed by atoms with E-state index < -0.39 is 11.9 Å². The maximum Gasteiger partial charge on any atom is 0.311 e. The molecule has 24 heavy (non-hydrogen) atoms. The van der Waals surface area contributed by atoms with Crippen LogP contribution >= 0.6 is 11.6 Å². The van der Waals surface area contributed by atoms with Gasteiger partial charge in [0, 0.05) is 10.6 Å². The van der Waals surface area contributed by atoms with E-state index in [9.17, 15) is 9.59 Å². The molecule has 2 aromatic rings. The summed E-state index contributed by atoms with van der Waals surface area (Å²) in [5, 5.41) is 12.1. The summed E-state index contributed by atoms with van der Waals surface area (Å²) in [5.74, 6) is -0.944. The molecule has 2 N–H and O–H groups in total. The van der Waals surface area contributed by atoms with Gasteiger partial charge < -0.3 is 19.6 Å². The summed E-state index contributed by atoms with van der Waals surface area (Å²) < 4.78 is 10.8. The fourth-order valence-corrected chi connectivity index (χ4v) is 2.37. The molecular formula is C17H18ClNO5. The molecule has 0 radical (unpaired) electrons. The van der Waals surface area contributed by atoms with Crippen molar-refractivity contribution in [2.24, 2.45) is 0 Å². The molecule has 0 saturated heterocycles. The number of ether oxygens (including phenoxy) is 1. The van der Waals surface area contributed by atoms with Gasteiger partial charge >= 0.3 is 5.97 Å². The van der Waals surface area contributed by atoms with Gasteiger partial charge in [-0.1, -0.05) is 18.5 Å². The van der Waals surface area contributed by atoms with Crippen LogP contribution in [0.1, 0.15) is 35.0 Å². The summed E-state index contributed by atoms with van der Waals surface area (Å²) in [7, 11) is 0. The van der Waals surface area contributed by atoms with Crippen molar-refractivity contribution in [2.45, 2.75) is 26.7 Å². The van der Waals surface area contributed by atoms with Crippen LogP contribution in [0.15, 0.2) is 28.9 Å². The zero-order valence-corrected chi connectivity index (χ0v) is 14.1. The predicted octanol–water partition coefficient (Wildman–Crippen LogP) is 3.91. The fraction of sp³-hybridized carbons (Fsp3) is 0.294. The third kappa shape index (κ3) is 4.29. The predicted molar refractivity (Wildman–Crippen MR) is 90.0 cm³/mol. The van der Waals surface area contributed by atoms with E-state index in [-0.39, 0.29) is 17.7 Å². The smallest absolute Gasteiger partial charge is 0.311 e. The van der Waals surface area contributed by atoms with Crippen LogP contribution in [0.5, 0.6) is 5.75 Å². The Morgan fingerprint density at radius 1 is 1.38 bits per heavy atom. The molecule has 6 nitrogen and oxygen atoms in total. The van der Waals surface area contributed by atoms with Gasteiger partial charge in [-0.2, -0.15) is 0 Å². The zero-order valence-electron chi connectivity index (χ0n) is 13.4. The van der Waals surface area contributed by atoms with Gasteiger partial charge in [-0.3, -0.25) is 9.59 Å². The monoisotopic (exact) mass is 351 g/mol. The molecule has 7 heteroatoms. The number of halogens is 1. The van der Waals surface area contributed by atoms with Crippen LogP contribution < -0.4 is 10.1 Å². The van der Waals surface area contributed by atoms with E-state index in [1.807, 2.05) is 6.92 Å². The quantitative estimate of drug-likeness (QED) is 0.789. The number of rotatable bonds is 7.